The highest BCUT2D eigenvalue weighted by atomic mass is 14.8. The molecular formula is C11H13N. The van der Waals surface area contributed by atoms with Gasteiger partial charge in [-0.1, -0.05) is 43.5 Å². The number of benzene rings is 1. The molecule has 1 rings (SSSR count). The molecule has 0 aliphatic rings. The van der Waals surface area contributed by atoms with Gasteiger partial charge in [0.1, 0.15) is 0 Å². The van der Waals surface area contributed by atoms with E-state index in [1.165, 1.54) is 5.56 Å². The Balaban J connectivity index is 2.64. The van der Waals surface area contributed by atoms with Crippen molar-refractivity contribution in [1.82, 2.24) is 5.32 Å². The van der Waals surface area contributed by atoms with Crippen molar-refractivity contribution in [3.63, 3.8) is 0 Å². The van der Waals surface area contributed by atoms with Crippen LogP contribution >= 0.6 is 0 Å². The molecule has 1 aromatic rings. The molecule has 1 N–H and O–H groups in total. The summed E-state index contributed by atoms with van der Waals surface area (Å²) in [6, 6.07) is 8.25. The normalized spacial score (nSPS) is 9.00. The Labute approximate surface area is 73.4 Å². The molecule has 0 bridgehead atoms. The molecule has 0 spiro atoms. The zero-order chi connectivity index (χ0) is 8.81. The molecule has 12 heavy (non-hydrogen) atoms. The molecule has 0 heterocycles. The average molecular weight is 159 g/mol. The van der Waals surface area contributed by atoms with Gasteiger partial charge in [-0.15, -0.1) is 0 Å². The Hall–Kier alpha value is -1.50. The van der Waals surface area contributed by atoms with Crippen molar-refractivity contribution >= 4 is 6.08 Å². The van der Waals surface area contributed by atoms with E-state index in [0.717, 1.165) is 12.1 Å². The molecule has 0 unspecified atom stereocenters. The summed E-state index contributed by atoms with van der Waals surface area (Å²) < 4.78 is 0. The molecule has 1 heteroatoms. The first-order chi connectivity index (χ1) is 5.86. The van der Waals surface area contributed by atoms with Crippen molar-refractivity contribution in [2.24, 2.45) is 0 Å². The van der Waals surface area contributed by atoms with E-state index in [1.807, 2.05) is 18.2 Å². The fraction of sp³-hybridized carbons (Fsp3) is 0.0909. The maximum absolute atomic E-state index is 3.69. The van der Waals surface area contributed by atoms with Crippen LogP contribution in [0.4, 0.5) is 0 Å². The van der Waals surface area contributed by atoms with Crippen LogP contribution in [0.5, 0.6) is 0 Å². The van der Waals surface area contributed by atoms with Crippen molar-refractivity contribution in [1.29, 1.82) is 0 Å². The van der Waals surface area contributed by atoms with Crippen molar-refractivity contribution in [3.8, 4) is 0 Å². The summed E-state index contributed by atoms with van der Waals surface area (Å²) in [7, 11) is 0. The van der Waals surface area contributed by atoms with E-state index in [1.54, 1.807) is 6.20 Å². The third kappa shape index (κ3) is 2.27. The Kier molecular flexibility index (Phi) is 3.15. The van der Waals surface area contributed by atoms with Gasteiger partial charge in [-0.25, -0.2) is 0 Å². The summed E-state index contributed by atoms with van der Waals surface area (Å²) in [6.07, 6.45) is 3.53. The fourth-order valence-electron chi connectivity index (χ4n) is 0.962. The largest absolute Gasteiger partial charge is 0.387 e. The molecule has 0 atom stereocenters. The maximum atomic E-state index is 3.69. The molecule has 0 aliphatic heterocycles. The number of hydrogen-bond donors (Lipinski definition) is 1. The third-order valence-electron chi connectivity index (χ3n) is 1.67. The van der Waals surface area contributed by atoms with Crippen LogP contribution in [0, 0.1) is 0 Å². The Morgan fingerprint density at radius 1 is 1.17 bits per heavy atom. The van der Waals surface area contributed by atoms with E-state index in [2.05, 4.69) is 30.6 Å². The molecule has 0 radical (unpaired) electrons. The highest BCUT2D eigenvalue weighted by Crippen LogP contribution is 2.04. The van der Waals surface area contributed by atoms with E-state index in [0.29, 0.717) is 0 Å². The minimum absolute atomic E-state index is 0.834. The summed E-state index contributed by atoms with van der Waals surface area (Å²) in [5.41, 5.74) is 2.40. The first kappa shape index (κ1) is 8.60. The molecule has 1 aromatic carbocycles. The minimum Gasteiger partial charge on any atom is -0.387 e. The van der Waals surface area contributed by atoms with Crippen LogP contribution in [0.1, 0.15) is 11.1 Å². The predicted octanol–water partition coefficient (Wildman–Crippen LogP) is 2.56. The standard InChI is InChI=1S/C11H13N/c1-3-10-5-7-11(8-6-10)9-12-4-2/h3-8,12H,1-2,9H2. The van der Waals surface area contributed by atoms with Crippen LogP contribution in [0.25, 0.3) is 6.08 Å². The quantitative estimate of drug-likeness (QED) is 0.712. The summed E-state index contributed by atoms with van der Waals surface area (Å²) in [5.74, 6) is 0. The zero-order valence-corrected chi connectivity index (χ0v) is 7.09. The van der Waals surface area contributed by atoms with Gasteiger partial charge >= 0.3 is 0 Å². The molecule has 0 saturated heterocycles. The van der Waals surface area contributed by atoms with Gasteiger partial charge in [0, 0.05) is 6.54 Å². The lowest BCUT2D eigenvalue weighted by Gasteiger charge is -2.00. The van der Waals surface area contributed by atoms with Gasteiger partial charge in [-0.3, -0.25) is 0 Å². The van der Waals surface area contributed by atoms with E-state index >= 15 is 0 Å². The lowest BCUT2D eigenvalue weighted by molar-refractivity contribution is 0.872. The van der Waals surface area contributed by atoms with E-state index in [4.69, 9.17) is 0 Å². The van der Waals surface area contributed by atoms with E-state index in [-0.39, 0.29) is 0 Å². The molecular weight excluding hydrogens is 146 g/mol. The lowest BCUT2D eigenvalue weighted by Crippen LogP contribution is -2.02. The number of nitrogens with one attached hydrogen (secondary N) is 1. The predicted molar refractivity (Wildman–Crippen MR) is 53.6 cm³/mol. The molecule has 0 fully saturated rings. The van der Waals surface area contributed by atoms with Gasteiger partial charge in [-0.2, -0.15) is 0 Å². The monoisotopic (exact) mass is 159 g/mol. The van der Waals surface area contributed by atoms with Gasteiger partial charge in [-0.05, 0) is 17.3 Å². The summed E-state index contributed by atoms with van der Waals surface area (Å²) in [4.78, 5) is 0. The topological polar surface area (TPSA) is 12.0 Å². The van der Waals surface area contributed by atoms with Gasteiger partial charge in [0.2, 0.25) is 0 Å². The highest BCUT2D eigenvalue weighted by Gasteiger charge is 1.89. The maximum Gasteiger partial charge on any atom is 0.0395 e. The molecule has 0 aliphatic carbocycles. The van der Waals surface area contributed by atoms with Crippen molar-refractivity contribution in [2.45, 2.75) is 6.54 Å². The number of hydrogen-bond acceptors (Lipinski definition) is 1. The Bertz CT molecular complexity index is 259. The van der Waals surface area contributed by atoms with Crippen LogP contribution in [0.3, 0.4) is 0 Å². The van der Waals surface area contributed by atoms with Crippen LogP contribution in [0.2, 0.25) is 0 Å². The van der Waals surface area contributed by atoms with Gasteiger partial charge in [0.15, 0.2) is 0 Å². The highest BCUT2D eigenvalue weighted by molar-refractivity contribution is 5.47. The summed E-state index contributed by atoms with van der Waals surface area (Å²) >= 11 is 0. The van der Waals surface area contributed by atoms with Crippen LogP contribution in [0.15, 0.2) is 43.6 Å². The van der Waals surface area contributed by atoms with E-state index < -0.39 is 0 Å². The van der Waals surface area contributed by atoms with Crippen LogP contribution in [-0.2, 0) is 6.54 Å². The molecule has 1 nitrogen and oxygen atoms in total. The smallest absolute Gasteiger partial charge is 0.0395 e. The SMILES string of the molecule is C=CNCc1ccc(C=C)cc1. The van der Waals surface area contributed by atoms with Crippen molar-refractivity contribution < 1.29 is 0 Å². The fourth-order valence-corrected chi connectivity index (χ4v) is 0.962. The van der Waals surface area contributed by atoms with E-state index in [9.17, 15) is 0 Å². The first-order valence-electron chi connectivity index (χ1n) is 3.92. The zero-order valence-electron chi connectivity index (χ0n) is 7.09. The summed E-state index contributed by atoms with van der Waals surface area (Å²) in [6.45, 7) is 8.11. The third-order valence-corrected chi connectivity index (χ3v) is 1.67. The molecule has 62 valence electrons. The van der Waals surface area contributed by atoms with Crippen molar-refractivity contribution in [3.05, 3.63) is 54.8 Å². The molecule has 0 saturated carbocycles. The van der Waals surface area contributed by atoms with Crippen LogP contribution in [-0.4, -0.2) is 0 Å². The van der Waals surface area contributed by atoms with Gasteiger partial charge in [0.05, 0.1) is 0 Å². The molecule has 0 aromatic heterocycles. The average Bonchev–Trinajstić information content (AvgIpc) is 2.15. The molecule has 0 amide bonds. The minimum atomic E-state index is 0.834. The Morgan fingerprint density at radius 2 is 1.83 bits per heavy atom. The van der Waals surface area contributed by atoms with Crippen molar-refractivity contribution in [2.75, 3.05) is 0 Å². The second-order valence-corrected chi connectivity index (χ2v) is 2.53. The Morgan fingerprint density at radius 3 is 2.33 bits per heavy atom. The second kappa shape index (κ2) is 4.39. The second-order valence-electron chi connectivity index (χ2n) is 2.53. The lowest BCUT2D eigenvalue weighted by atomic mass is 10.1. The number of rotatable bonds is 4. The summed E-state index contributed by atoms with van der Waals surface area (Å²) in [5, 5.41) is 3.04. The van der Waals surface area contributed by atoms with Crippen LogP contribution < -0.4 is 5.32 Å². The van der Waals surface area contributed by atoms with Gasteiger partial charge in [0.25, 0.3) is 0 Å². The first-order valence-corrected chi connectivity index (χ1v) is 3.92. The van der Waals surface area contributed by atoms with Gasteiger partial charge < -0.3 is 5.32 Å².